The van der Waals surface area contributed by atoms with Gasteiger partial charge in [-0.05, 0) is 43.4 Å². The minimum Gasteiger partial charge on any atom is -0.486 e. The Balaban J connectivity index is 1.48. The van der Waals surface area contributed by atoms with Crippen molar-refractivity contribution >= 4 is 11.7 Å². The van der Waals surface area contributed by atoms with E-state index in [4.69, 9.17) is 9.47 Å². The number of likely N-dealkylation sites (tertiary alicyclic amines) is 1. The van der Waals surface area contributed by atoms with Crippen LogP contribution in [-0.2, 0) is 4.79 Å². The molecule has 0 spiro atoms. The van der Waals surface area contributed by atoms with Gasteiger partial charge in [0.15, 0.2) is 17.3 Å². The molecule has 5 heteroatoms. The molecule has 24 heavy (non-hydrogen) atoms. The highest BCUT2D eigenvalue weighted by atomic mass is 16.6. The Kier molecular flexibility index (Phi) is 5.38. The summed E-state index contributed by atoms with van der Waals surface area (Å²) < 4.78 is 11.0. The van der Waals surface area contributed by atoms with Crippen molar-refractivity contribution in [1.82, 2.24) is 4.90 Å². The lowest BCUT2D eigenvalue weighted by Gasteiger charge is -2.31. The van der Waals surface area contributed by atoms with E-state index in [-0.39, 0.29) is 11.7 Å². The summed E-state index contributed by atoms with van der Waals surface area (Å²) in [5.74, 6) is 2.13. The van der Waals surface area contributed by atoms with E-state index in [2.05, 4.69) is 6.92 Å². The molecular formula is C19H25NO4. The summed E-state index contributed by atoms with van der Waals surface area (Å²) in [5, 5.41) is 0. The van der Waals surface area contributed by atoms with E-state index < -0.39 is 0 Å². The third-order valence-electron chi connectivity index (χ3n) is 4.67. The van der Waals surface area contributed by atoms with E-state index in [1.807, 2.05) is 4.90 Å². The molecule has 0 N–H and O–H groups in total. The number of benzene rings is 1. The summed E-state index contributed by atoms with van der Waals surface area (Å²) in [4.78, 5) is 26.5. The zero-order valence-electron chi connectivity index (χ0n) is 14.3. The fourth-order valence-electron chi connectivity index (χ4n) is 3.34. The van der Waals surface area contributed by atoms with Crippen LogP contribution in [0.1, 0.15) is 49.4 Å². The number of hydrogen-bond donors (Lipinski definition) is 0. The Morgan fingerprint density at radius 1 is 1.17 bits per heavy atom. The Labute approximate surface area is 142 Å². The minimum atomic E-state index is 0.0479. The standard InChI is InChI=1S/C19H25NO4/c1-14-4-3-9-20(13-14)19(22)6-2-5-16(21)15-7-8-17-18(12-15)24-11-10-23-17/h7-8,12,14H,2-6,9-11,13H2,1H3. The van der Waals surface area contributed by atoms with Crippen LogP contribution < -0.4 is 9.47 Å². The average molecular weight is 331 g/mol. The van der Waals surface area contributed by atoms with Crippen LogP contribution in [0.15, 0.2) is 18.2 Å². The van der Waals surface area contributed by atoms with Crippen LogP contribution >= 0.6 is 0 Å². The normalized spacial score (nSPS) is 19.9. The van der Waals surface area contributed by atoms with Crippen molar-refractivity contribution < 1.29 is 19.1 Å². The van der Waals surface area contributed by atoms with Gasteiger partial charge in [0.25, 0.3) is 0 Å². The zero-order valence-corrected chi connectivity index (χ0v) is 14.3. The summed E-state index contributed by atoms with van der Waals surface area (Å²) in [6, 6.07) is 5.29. The van der Waals surface area contributed by atoms with Crippen molar-refractivity contribution in [3.63, 3.8) is 0 Å². The number of carbonyl (C=O) groups is 2. The molecule has 2 heterocycles. The first kappa shape index (κ1) is 16.8. The molecule has 1 amide bonds. The predicted octanol–water partition coefficient (Wildman–Crippen LogP) is 3.07. The number of rotatable bonds is 5. The highest BCUT2D eigenvalue weighted by Crippen LogP contribution is 2.31. The van der Waals surface area contributed by atoms with Gasteiger partial charge in [-0.2, -0.15) is 0 Å². The van der Waals surface area contributed by atoms with Crippen LogP contribution in [0.25, 0.3) is 0 Å². The molecule has 2 aliphatic rings. The zero-order chi connectivity index (χ0) is 16.9. The van der Waals surface area contributed by atoms with Crippen LogP contribution in [-0.4, -0.2) is 42.9 Å². The highest BCUT2D eigenvalue weighted by molar-refractivity contribution is 5.96. The van der Waals surface area contributed by atoms with Gasteiger partial charge < -0.3 is 14.4 Å². The van der Waals surface area contributed by atoms with Crippen molar-refractivity contribution in [2.45, 2.75) is 39.0 Å². The summed E-state index contributed by atoms with van der Waals surface area (Å²) in [6.45, 7) is 4.95. The summed E-state index contributed by atoms with van der Waals surface area (Å²) in [5.41, 5.74) is 0.623. The maximum Gasteiger partial charge on any atom is 0.222 e. The first-order chi connectivity index (χ1) is 11.6. The predicted molar refractivity (Wildman–Crippen MR) is 90.6 cm³/mol. The van der Waals surface area contributed by atoms with Gasteiger partial charge >= 0.3 is 0 Å². The number of Topliss-reactive ketones (excluding diaryl/α,β-unsaturated/α-hetero) is 1. The van der Waals surface area contributed by atoms with Crippen LogP contribution in [0.5, 0.6) is 11.5 Å². The van der Waals surface area contributed by atoms with Gasteiger partial charge in [-0.3, -0.25) is 9.59 Å². The number of carbonyl (C=O) groups excluding carboxylic acids is 2. The van der Waals surface area contributed by atoms with Gasteiger partial charge in [0, 0.05) is 31.5 Å². The molecule has 2 aliphatic heterocycles. The van der Waals surface area contributed by atoms with E-state index >= 15 is 0 Å². The van der Waals surface area contributed by atoms with Crippen LogP contribution in [0.3, 0.4) is 0 Å². The van der Waals surface area contributed by atoms with E-state index in [1.54, 1.807) is 18.2 Å². The quantitative estimate of drug-likeness (QED) is 0.778. The van der Waals surface area contributed by atoms with Gasteiger partial charge in [0.1, 0.15) is 13.2 Å². The summed E-state index contributed by atoms with van der Waals surface area (Å²) in [6.07, 6.45) is 3.71. The first-order valence-corrected chi connectivity index (χ1v) is 8.84. The Morgan fingerprint density at radius 2 is 1.96 bits per heavy atom. The number of hydrogen-bond acceptors (Lipinski definition) is 4. The molecule has 1 unspecified atom stereocenters. The summed E-state index contributed by atoms with van der Waals surface area (Å²) >= 11 is 0. The third-order valence-corrected chi connectivity index (χ3v) is 4.67. The van der Waals surface area contributed by atoms with Gasteiger partial charge in [-0.25, -0.2) is 0 Å². The van der Waals surface area contributed by atoms with Crippen molar-refractivity contribution in [2.24, 2.45) is 5.92 Å². The van der Waals surface area contributed by atoms with Crippen molar-refractivity contribution in [2.75, 3.05) is 26.3 Å². The van der Waals surface area contributed by atoms with Gasteiger partial charge in [-0.15, -0.1) is 0 Å². The number of ether oxygens (including phenoxy) is 2. The second-order valence-corrected chi connectivity index (χ2v) is 6.72. The molecule has 0 radical (unpaired) electrons. The van der Waals surface area contributed by atoms with Crippen LogP contribution in [0.4, 0.5) is 0 Å². The lowest BCUT2D eigenvalue weighted by Crippen LogP contribution is -2.39. The maximum atomic E-state index is 12.3. The molecule has 3 rings (SSSR count). The minimum absolute atomic E-state index is 0.0479. The number of ketones is 1. The highest BCUT2D eigenvalue weighted by Gasteiger charge is 2.21. The Bertz CT molecular complexity index is 613. The van der Waals surface area contributed by atoms with Crippen molar-refractivity contribution in [3.05, 3.63) is 23.8 Å². The molecule has 130 valence electrons. The van der Waals surface area contributed by atoms with E-state index in [0.717, 1.165) is 19.5 Å². The van der Waals surface area contributed by atoms with Crippen LogP contribution in [0.2, 0.25) is 0 Å². The topological polar surface area (TPSA) is 55.8 Å². The van der Waals surface area contributed by atoms with Gasteiger partial charge in [-0.1, -0.05) is 6.92 Å². The smallest absolute Gasteiger partial charge is 0.222 e. The first-order valence-electron chi connectivity index (χ1n) is 8.84. The van der Waals surface area contributed by atoms with E-state index in [0.29, 0.717) is 55.5 Å². The number of nitrogens with zero attached hydrogens (tertiary/aromatic N) is 1. The lowest BCUT2D eigenvalue weighted by molar-refractivity contribution is -0.132. The fourth-order valence-corrected chi connectivity index (χ4v) is 3.34. The SMILES string of the molecule is CC1CCCN(C(=O)CCCC(=O)c2ccc3c(c2)OCCO3)C1. The molecule has 1 atom stereocenters. The molecule has 0 bridgehead atoms. The number of amides is 1. The Hall–Kier alpha value is -2.04. The lowest BCUT2D eigenvalue weighted by atomic mass is 9.99. The second kappa shape index (κ2) is 7.69. The summed E-state index contributed by atoms with van der Waals surface area (Å²) in [7, 11) is 0. The molecule has 1 fully saturated rings. The molecule has 0 saturated carbocycles. The molecular weight excluding hydrogens is 306 g/mol. The molecule has 1 aromatic rings. The average Bonchev–Trinajstić information content (AvgIpc) is 2.61. The number of piperidine rings is 1. The van der Waals surface area contributed by atoms with Crippen LogP contribution in [0, 0.1) is 5.92 Å². The third kappa shape index (κ3) is 4.08. The molecule has 5 nitrogen and oxygen atoms in total. The molecule has 0 aromatic heterocycles. The van der Waals surface area contributed by atoms with E-state index in [9.17, 15) is 9.59 Å². The van der Waals surface area contributed by atoms with Gasteiger partial charge in [0.2, 0.25) is 5.91 Å². The number of fused-ring (bicyclic) bond motifs is 1. The Morgan fingerprint density at radius 3 is 2.75 bits per heavy atom. The van der Waals surface area contributed by atoms with Gasteiger partial charge in [0.05, 0.1) is 0 Å². The van der Waals surface area contributed by atoms with Crippen molar-refractivity contribution in [1.29, 1.82) is 0 Å². The maximum absolute atomic E-state index is 12.3. The largest absolute Gasteiger partial charge is 0.486 e. The van der Waals surface area contributed by atoms with Crippen molar-refractivity contribution in [3.8, 4) is 11.5 Å². The van der Waals surface area contributed by atoms with E-state index in [1.165, 1.54) is 6.42 Å². The monoisotopic (exact) mass is 331 g/mol. The molecule has 0 aliphatic carbocycles. The second-order valence-electron chi connectivity index (χ2n) is 6.72. The fraction of sp³-hybridized carbons (Fsp3) is 0.579. The molecule has 1 saturated heterocycles. The molecule has 1 aromatic carbocycles.